The summed E-state index contributed by atoms with van der Waals surface area (Å²) in [5, 5.41) is 9.36. The fraction of sp³-hybridized carbons (Fsp3) is 0.231. The Morgan fingerprint density at radius 3 is 2.87 bits per heavy atom. The largest absolute Gasteiger partial charge is 0.454 e. The minimum Gasteiger partial charge on any atom is -0.454 e. The number of urea groups is 1. The average Bonchev–Trinajstić information content (AvgIpc) is 3.14. The number of aromatic nitrogens is 2. The molecule has 1 aromatic heterocycles. The maximum Gasteiger partial charge on any atom is 0.318 e. The van der Waals surface area contributed by atoms with Crippen LogP contribution in [0.15, 0.2) is 27.8 Å². The first-order chi connectivity index (χ1) is 11.0. The van der Waals surface area contributed by atoms with E-state index in [0.717, 1.165) is 11.8 Å². The highest BCUT2D eigenvalue weighted by molar-refractivity contribution is 8.00. The number of thioether (sulfide) groups is 1. The number of primary amides is 1. The van der Waals surface area contributed by atoms with Crippen molar-refractivity contribution in [3.63, 3.8) is 0 Å². The van der Waals surface area contributed by atoms with Crippen LogP contribution in [0.3, 0.4) is 0 Å². The molecule has 0 spiro atoms. The Morgan fingerprint density at radius 1 is 1.30 bits per heavy atom. The Labute approximate surface area is 134 Å². The number of hydrogen-bond acceptors (Lipinski definition) is 8. The molecule has 1 aliphatic rings. The van der Waals surface area contributed by atoms with Crippen LogP contribution in [0.25, 0.3) is 11.5 Å². The van der Waals surface area contributed by atoms with E-state index < -0.39 is 17.2 Å². The summed E-state index contributed by atoms with van der Waals surface area (Å²) in [6.45, 7) is 1.77. The van der Waals surface area contributed by atoms with Crippen LogP contribution in [0.2, 0.25) is 0 Å². The normalized spacial score (nSPS) is 13.6. The van der Waals surface area contributed by atoms with E-state index in [1.165, 1.54) is 0 Å². The zero-order valence-electron chi connectivity index (χ0n) is 11.9. The molecule has 0 unspecified atom stereocenters. The highest BCUT2D eigenvalue weighted by Crippen LogP contribution is 2.36. The number of nitrogens with zero attached hydrogens (tertiary/aromatic N) is 2. The van der Waals surface area contributed by atoms with Crippen LogP contribution in [-0.2, 0) is 4.79 Å². The fourth-order valence-corrected chi connectivity index (χ4v) is 2.51. The van der Waals surface area contributed by atoms with Crippen molar-refractivity contribution < 1.29 is 23.5 Å². The van der Waals surface area contributed by atoms with Gasteiger partial charge in [-0.05, 0) is 25.1 Å². The van der Waals surface area contributed by atoms with Crippen LogP contribution >= 0.6 is 11.8 Å². The second-order valence-corrected chi connectivity index (χ2v) is 5.85. The number of rotatable bonds is 4. The molecule has 3 rings (SSSR count). The lowest BCUT2D eigenvalue weighted by atomic mass is 10.2. The second kappa shape index (κ2) is 6.16. The second-order valence-electron chi connectivity index (χ2n) is 4.55. The van der Waals surface area contributed by atoms with E-state index in [2.05, 4.69) is 10.2 Å². The van der Waals surface area contributed by atoms with E-state index in [1.54, 1.807) is 25.1 Å². The molecule has 0 radical (unpaired) electrons. The van der Waals surface area contributed by atoms with Crippen LogP contribution in [0, 0.1) is 0 Å². The summed E-state index contributed by atoms with van der Waals surface area (Å²) in [7, 11) is 0. The lowest BCUT2D eigenvalue weighted by Gasteiger charge is -2.06. The van der Waals surface area contributed by atoms with Crippen LogP contribution in [-0.4, -0.2) is 34.2 Å². The summed E-state index contributed by atoms with van der Waals surface area (Å²) in [5.41, 5.74) is 5.56. The van der Waals surface area contributed by atoms with E-state index in [4.69, 9.17) is 19.6 Å². The molecule has 0 bridgehead atoms. The van der Waals surface area contributed by atoms with E-state index in [9.17, 15) is 9.59 Å². The Kier molecular flexibility index (Phi) is 4.06. The number of nitrogens with one attached hydrogen (secondary N) is 1. The molecule has 9 nitrogen and oxygen atoms in total. The standard InChI is InChI=1S/C13H12N4O5S/c1-6(10(18)15-12(14)19)23-13-17-16-11(22-13)7-2-3-8-9(4-7)21-5-20-8/h2-4,6H,5H2,1H3,(H3,14,15,18,19)/t6-/m0/s1. The number of amides is 3. The number of carbonyl (C=O) groups excluding carboxylic acids is 2. The third-order valence-corrected chi connectivity index (χ3v) is 3.85. The van der Waals surface area contributed by atoms with Gasteiger partial charge in [0.2, 0.25) is 18.6 Å². The lowest BCUT2D eigenvalue weighted by Crippen LogP contribution is -2.39. The van der Waals surface area contributed by atoms with Gasteiger partial charge in [0, 0.05) is 5.56 Å². The highest BCUT2D eigenvalue weighted by Gasteiger charge is 2.21. The third-order valence-electron chi connectivity index (χ3n) is 2.92. The number of fused-ring (bicyclic) bond motifs is 1. The van der Waals surface area contributed by atoms with Gasteiger partial charge in [0.15, 0.2) is 11.5 Å². The van der Waals surface area contributed by atoms with Gasteiger partial charge < -0.3 is 19.6 Å². The molecule has 0 saturated heterocycles. The van der Waals surface area contributed by atoms with E-state index in [0.29, 0.717) is 17.1 Å². The van der Waals surface area contributed by atoms with Gasteiger partial charge in [-0.2, -0.15) is 0 Å². The summed E-state index contributed by atoms with van der Waals surface area (Å²) in [6, 6.07) is 4.33. The maximum absolute atomic E-state index is 11.6. The van der Waals surface area contributed by atoms with Gasteiger partial charge in [-0.1, -0.05) is 11.8 Å². The van der Waals surface area contributed by atoms with Crippen LogP contribution in [0.1, 0.15) is 6.92 Å². The van der Waals surface area contributed by atoms with Crippen molar-refractivity contribution >= 4 is 23.7 Å². The summed E-state index contributed by atoms with van der Waals surface area (Å²) in [4.78, 5) is 22.3. The number of ether oxygens (including phenoxy) is 2. The Balaban J connectivity index is 1.71. The summed E-state index contributed by atoms with van der Waals surface area (Å²) in [5.74, 6) is 1.00. The summed E-state index contributed by atoms with van der Waals surface area (Å²) in [6.07, 6.45) is 0. The van der Waals surface area contributed by atoms with Crippen molar-refractivity contribution in [2.75, 3.05) is 6.79 Å². The van der Waals surface area contributed by atoms with Crippen molar-refractivity contribution in [1.29, 1.82) is 0 Å². The predicted molar refractivity (Wildman–Crippen MR) is 78.9 cm³/mol. The quantitative estimate of drug-likeness (QED) is 0.795. The molecule has 2 heterocycles. The lowest BCUT2D eigenvalue weighted by molar-refractivity contribution is -0.119. The van der Waals surface area contributed by atoms with Crippen molar-refractivity contribution in [1.82, 2.24) is 15.5 Å². The third kappa shape index (κ3) is 3.37. The fourth-order valence-electron chi connectivity index (χ4n) is 1.83. The van der Waals surface area contributed by atoms with E-state index in [-0.39, 0.29) is 17.9 Å². The first-order valence-electron chi connectivity index (χ1n) is 6.53. The van der Waals surface area contributed by atoms with Gasteiger partial charge >= 0.3 is 6.03 Å². The van der Waals surface area contributed by atoms with Crippen molar-refractivity contribution in [3.8, 4) is 23.0 Å². The molecule has 1 aliphatic heterocycles. The first-order valence-corrected chi connectivity index (χ1v) is 7.41. The highest BCUT2D eigenvalue weighted by atomic mass is 32.2. The molecular formula is C13H12N4O5S. The first kappa shape index (κ1) is 15.2. The SMILES string of the molecule is C[C@H](Sc1nnc(-c2ccc3c(c2)OCO3)o1)C(=O)NC(N)=O. The monoisotopic (exact) mass is 336 g/mol. The van der Waals surface area contributed by atoms with Crippen molar-refractivity contribution in [2.45, 2.75) is 17.4 Å². The van der Waals surface area contributed by atoms with Crippen molar-refractivity contribution in [2.24, 2.45) is 5.73 Å². The molecule has 1 aromatic carbocycles. The zero-order chi connectivity index (χ0) is 16.4. The van der Waals surface area contributed by atoms with Gasteiger partial charge in [-0.15, -0.1) is 10.2 Å². The maximum atomic E-state index is 11.6. The molecule has 2 aromatic rings. The molecule has 120 valence electrons. The van der Waals surface area contributed by atoms with Gasteiger partial charge in [-0.25, -0.2) is 4.79 Å². The topological polar surface area (TPSA) is 130 Å². The molecule has 3 amide bonds. The average molecular weight is 336 g/mol. The number of hydrogen-bond donors (Lipinski definition) is 2. The summed E-state index contributed by atoms with van der Waals surface area (Å²) < 4.78 is 16.0. The zero-order valence-corrected chi connectivity index (χ0v) is 12.8. The van der Waals surface area contributed by atoms with E-state index in [1.807, 2.05) is 5.32 Å². The number of benzene rings is 1. The molecule has 0 fully saturated rings. The number of carbonyl (C=O) groups is 2. The Bertz CT molecular complexity index is 763. The van der Waals surface area contributed by atoms with Gasteiger partial charge in [0.25, 0.3) is 5.22 Å². The van der Waals surface area contributed by atoms with Crippen molar-refractivity contribution in [3.05, 3.63) is 18.2 Å². The van der Waals surface area contributed by atoms with Gasteiger partial charge in [0.05, 0.1) is 5.25 Å². The number of imide groups is 1. The van der Waals surface area contributed by atoms with Crippen LogP contribution in [0.5, 0.6) is 11.5 Å². The Morgan fingerprint density at radius 2 is 2.09 bits per heavy atom. The number of nitrogens with two attached hydrogens (primary N) is 1. The molecule has 0 aliphatic carbocycles. The minimum absolute atomic E-state index is 0.177. The molecule has 1 atom stereocenters. The molecular weight excluding hydrogens is 324 g/mol. The van der Waals surface area contributed by atoms with Gasteiger partial charge in [0.1, 0.15) is 0 Å². The van der Waals surface area contributed by atoms with Gasteiger partial charge in [-0.3, -0.25) is 10.1 Å². The van der Waals surface area contributed by atoms with Crippen LogP contribution < -0.4 is 20.5 Å². The van der Waals surface area contributed by atoms with Crippen LogP contribution in [0.4, 0.5) is 4.79 Å². The predicted octanol–water partition coefficient (Wildman–Crippen LogP) is 1.14. The molecule has 3 N–H and O–H groups in total. The van der Waals surface area contributed by atoms with E-state index >= 15 is 0 Å². The molecule has 0 saturated carbocycles. The molecule has 10 heteroatoms. The smallest absolute Gasteiger partial charge is 0.318 e. The minimum atomic E-state index is -0.908. The molecule has 23 heavy (non-hydrogen) atoms. The summed E-state index contributed by atoms with van der Waals surface area (Å²) >= 11 is 1.02. The Hall–Kier alpha value is -2.75.